The topological polar surface area (TPSA) is 141 Å². The first-order chi connectivity index (χ1) is 18.7. The van der Waals surface area contributed by atoms with Gasteiger partial charge in [0.25, 0.3) is 11.8 Å². The monoisotopic (exact) mass is 597 g/mol. The van der Waals surface area contributed by atoms with Crippen LogP contribution in [0, 0.1) is 0 Å². The number of nitrogens with one attached hydrogen (secondary N) is 2. The summed E-state index contributed by atoms with van der Waals surface area (Å²) in [7, 11) is 0. The Kier molecular flexibility index (Phi) is 10.3. The molecule has 0 aliphatic carbocycles. The number of rotatable bonds is 7. The minimum atomic E-state index is -0.915. The van der Waals surface area contributed by atoms with E-state index in [4.69, 9.17) is 37.4 Å². The second-order valence-corrected chi connectivity index (χ2v) is 11.2. The van der Waals surface area contributed by atoms with Crippen molar-refractivity contribution in [1.82, 2.24) is 20.0 Å². The molecular weight excluding hydrogens is 565 g/mol. The van der Waals surface area contributed by atoms with Gasteiger partial charge in [0.1, 0.15) is 5.60 Å². The molecule has 2 N–H and O–H groups in total. The summed E-state index contributed by atoms with van der Waals surface area (Å²) in [4.78, 5) is 52.0. The number of anilines is 1. The van der Waals surface area contributed by atoms with E-state index in [0.29, 0.717) is 25.9 Å². The largest absolute Gasteiger partial charge is 0.510 e. The summed E-state index contributed by atoms with van der Waals surface area (Å²) in [5.41, 5.74) is -0.653. The summed E-state index contributed by atoms with van der Waals surface area (Å²) in [6.07, 6.45) is 0.616. The van der Waals surface area contributed by atoms with E-state index in [1.807, 2.05) is 0 Å². The first kappa shape index (κ1) is 31.0. The number of piperidine rings is 1. The number of benzene rings is 1. The Hall–Kier alpha value is -3.51. The lowest BCUT2D eigenvalue weighted by Crippen LogP contribution is -2.48. The maximum absolute atomic E-state index is 13.3. The number of carbonyl (C=O) groups is 4. The molecule has 1 fully saturated rings. The average Bonchev–Trinajstić information content (AvgIpc) is 3.24. The summed E-state index contributed by atoms with van der Waals surface area (Å²) < 4.78 is 16.6. The Bertz CT molecular complexity index is 1230. The predicted molar refractivity (Wildman–Crippen MR) is 148 cm³/mol. The van der Waals surface area contributed by atoms with Crippen LogP contribution >= 0.6 is 23.2 Å². The minimum absolute atomic E-state index is 0.0243. The Morgan fingerprint density at radius 3 is 2.27 bits per heavy atom. The smallest absolute Gasteiger partial charge is 0.444 e. The van der Waals surface area contributed by atoms with Crippen molar-refractivity contribution in [2.45, 2.75) is 71.9 Å². The van der Waals surface area contributed by atoms with E-state index in [2.05, 4.69) is 15.7 Å². The molecule has 0 radical (unpaired) electrons. The van der Waals surface area contributed by atoms with Crippen molar-refractivity contribution >= 4 is 53.0 Å². The molecule has 218 valence electrons. The molecule has 0 bridgehead atoms. The highest BCUT2D eigenvalue weighted by Crippen LogP contribution is 2.26. The van der Waals surface area contributed by atoms with E-state index in [-0.39, 0.29) is 45.9 Å². The highest BCUT2D eigenvalue weighted by molar-refractivity contribution is 6.40. The van der Waals surface area contributed by atoms with Crippen molar-refractivity contribution in [1.29, 1.82) is 0 Å². The summed E-state index contributed by atoms with van der Waals surface area (Å²) in [6, 6.07) is 4.37. The van der Waals surface area contributed by atoms with Crippen LogP contribution in [0.15, 0.2) is 24.4 Å². The maximum atomic E-state index is 13.3. The van der Waals surface area contributed by atoms with Crippen LogP contribution in [0.2, 0.25) is 10.0 Å². The molecule has 1 aliphatic rings. The molecular formula is C26H33Cl2N5O7. The van der Waals surface area contributed by atoms with Crippen molar-refractivity contribution < 1.29 is 33.4 Å². The quantitative estimate of drug-likeness (QED) is 0.420. The molecule has 40 heavy (non-hydrogen) atoms. The molecule has 1 aromatic carbocycles. The fourth-order valence-corrected chi connectivity index (χ4v) is 4.35. The highest BCUT2D eigenvalue weighted by atomic mass is 35.5. The number of amides is 3. The summed E-state index contributed by atoms with van der Waals surface area (Å²) in [5.74, 6) is -1.23. The molecule has 3 rings (SSSR count). The summed E-state index contributed by atoms with van der Waals surface area (Å²) in [6.45, 7) is 9.15. The normalized spacial score (nSPS) is 14.1. The predicted octanol–water partition coefficient (Wildman–Crippen LogP) is 5.09. The number of nitrogens with zero attached hydrogens (tertiary/aromatic N) is 3. The number of carbonyl (C=O) groups excluding carboxylic acids is 4. The molecule has 12 nitrogen and oxygen atoms in total. The number of likely N-dealkylation sites (tertiary alicyclic amines) is 1. The first-order valence-electron chi connectivity index (χ1n) is 12.7. The van der Waals surface area contributed by atoms with E-state index in [1.165, 1.54) is 23.0 Å². The molecule has 2 aromatic rings. The second kappa shape index (κ2) is 13.2. The molecule has 3 amide bonds. The van der Waals surface area contributed by atoms with Crippen LogP contribution in [0.5, 0.6) is 0 Å². The SMILES string of the molecule is CC(C)OC(=O)OCn1cc(NC(=O)c2c(Cl)cccc2Cl)c(C(=O)NC2CCN(C(=O)OC(C)(C)C)CC2)n1. The fraction of sp³-hybridized carbons (Fsp3) is 0.500. The molecule has 14 heteroatoms. The third-order valence-corrected chi connectivity index (χ3v) is 6.17. The Morgan fingerprint density at radius 1 is 1.07 bits per heavy atom. The van der Waals surface area contributed by atoms with E-state index in [0.717, 1.165) is 0 Å². The maximum Gasteiger partial charge on any atom is 0.510 e. The lowest BCUT2D eigenvalue weighted by Gasteiger charge is -2.33. The highest BCUT2D eigenvalue weighted by Gasteiger charge is 2.29. The fourth-order valence-electron chi connectivity index (χ4n) is 3.78. The lowest BCUT2D eigenvalue weighted by molar-refractivity contribution is 0.0131. The molecule has 2 heterocycles. The Balaban J connectivity index is 1.73. The van der Waals surface area contributed by atoms with Gasteiger partial charge in [0.15, 0.2) is 12.4 Å². The van der Waals surface area contributed by atoms with E-state index in [1.54, 1.807) is 45.6 Å². The summed E-state index contributed by atoms with van der Waals surface area (Å²) >= 11 is 12.3. The van der Waals surface area contributed by atoms with Crippen LogP contribution < -0.4 is 10.6 Å². The molecule has 1 saturated heterocycles. The van der Waals surface area contributed by atoms with Gasteiger partial charge in [-0.15, -0.1) is 0 Å². The van der Waals surface area contributed by atoms with Crippen molar-refractivity contribution in [3.63, 3.8) is 0 Å². The molecule has 0 unspecified atom stereocenters. The number of ether oxygens (including phenoxy) is 3. The number of aromatic nitrogens is 2. The Labute approximate surface area is 242 Å². The third-order valence-electron chi connectivity index (χ3n) is 5.54. The van der Waals surface area contributed by atoms with Crippen molar-refractivity contribution in [3.8, 4) is 0 Å². The zero-order valence-electron chi connectivity index (χ0n) is 23.0. The van der Waals surface area contributed by atoms with Crippen LogP contribution in [-0.4, -0.2) is 69.6 Å². The van der Waals surface area contributed by atoms with E-state index in [9.17, 15) is 19.2 Å². The van der Waals surface area contributed by atoms with Gasteiger partial charge < -0.3 is 29.7 Å². The standard InChI is InChI=1S/C26H33Cl2N5O7/c1-15(2)39-25(37)38-14-33-13-19(30-22(34)20-17(27)7-6-8-18(20)28)21(31-33)23(35)29-16-9-11-32(12-10-16)24(36)40-26(3,4)5/h6-8,13,15-16H,9-12,14H2,1-5H3,(H,29,35)(H,30,34). The van der Waals surface area contributed by atoms with Crippen LogP contribution in [0.1, 0.15) is 68.3 Å². The van der Waals surface area contributed by atoms with Gasteiger partial charge in [-0.25, -0.2) is 14.3 Å². The summed E-state index contributed by atoms with van der Waals surface area (Å²) in [5, 5.41) is 9.97. The van der Waals surface area contributed by atoms with Gasteiger partial charge in [0, 0.05) is 19.1 Å². The zero-order valence-corrected chi connectivity index (χ0v) is 24.5. The number of hydrogen-bond donors (Lipinski definition) is 2. The van der Waals surface area contributed by atoms with Crippen LogP contribution in [0.4, 0.5) is 15.3 Å². The van der Waals surface area contributed by atoms with E-state index < -0.39 is 29.7 Å². The van der Waals surface area contributed by atoms with Crippen LogP contribution in [0.25, 0.3) is 0 Å². The molecule has 0 saturated carbocycles. The molecule has 1 aliphatic heterocycles. The second-order valence-electron chi connectivity index (χ2n) is 10.4. The van der Waals surface area contributed by atoms with Gasteiger partial charge >= 0.3 is 12.2 Å². The molecule has 0 spiro atoms. The number of hydrogen-bond acceptors (Lipinski definition) is 8. The van der Waals surface area contributed by atoms with Crippen LogP contribution in [-0.2, 0) is 20.9 Å². The van der Waals surface area contributed by atoms with Gasteiger partial charge in [0.2, 0.25) is 0 Å². The third kappa shape index (κ3) is 8.75. The Morgan fingerprint density at radius 2 is 1.70 bits per heavy atom. The number of halogens is 2. The lowest BCUT2D eigenvalue weighted by atomic mass is 10.1. The van der Waals surface area contributed by atoms with Crippen LogP contribution in [0.3, 0.4) is 0 Å². The average molecular weight is 598 g/mol. The first-order valence-corrected chi connectivity index (χ1v) is 13.4. The van der Waals surface area contributed by atoms with Gasteiger partial charge in [0.05, 0.1) is 33.6 Å². The van der Waals surface area contributed by atoms with Gasteiger partial charge in [-0.05, 0) is 59.6 Å². The molecule has 1 aromatic heterocycles. The van der Waals surface area contributed by atoms with Crippen molar-refractivity contribution in [3.05, 3.63) is 45.7 Å². The molecule has 0 atom stereocenters. The van der Waals surface area contributed by atoms with Crippen molar-refractivity contribution in [2.24, 2.45) is 0 Å². The van der Waals surface area contributed by atoms with Gasteiger partial charge in [-0.2, -0.15) is 5.10 Å². The van der Waals surface area contributed by atoms with Gasteiger partial charge in [-0.1, -0.05) is 29.3 Å². The zero-order chi connectivity index (χ0) is 29.6. The minimum Gasteiger partial charge on any atom is -0.444 e. The van der Waals surface area contributed by atoms with Gasteiger partial charge in [-0.3, -0.25) is 9.59 Å². The van der Waals surface area contributed by atoms with Crippen molar-refractivity contribution in [2.75, 3.05) is 18.4 Å². The van der Waals surface area contributed by atoms with E-state index >= 15 is 0 Å².